The molecule has 0 fully saturated rings. The van der Waals surface area contributed by atoms with Gasteiger partial charge in [-0.1, -0.05) is 5.92 Å². The Bertz CT molecular complexity index is 371. The van der Waals surface area contributed by atoms with Gasteiger partial charge < -0.3 is 4.90 Å². The minimum atomic E-state index is 1.01. The van der Waals surface area contributed by atoms with Crippen molar-refractivity contribution in [2.45, 2.75) is 0 Å². The lowest BCUT2D eigenvalue weighted by Gasteiger charge is -2.15. The minimum Gasteiger partial charge on any atom is -0.378 e. The van der Waals surface area contributed by atoms with Crippen molar-refractivity contribution in [2.24, 2.45) is 5.10 Å². The van der Waals surface area contributed by atoms with Gasteiger partial charge in [0.2, 0.25) is 0 Å². The molecule has 3 heteroatoms. The number of anilines is 2. The van der Waals surface area contributed by atoms with Crippen LogP contribution in [0.15, 0.2) is 29.4 Å². The summed E-state index contributed by atoms with van der Waals surface area (Å²) in [6.07, 6.45) is 6.52. The highest BCUT2D eigenvalue weighted by atomic mass is 15.4. The van der Waals surface area contributed by atoms with Gasteiger partial charge in [-0.2, -0.15) is 5.10 Å². The third kappa shape index (κ3) is 3.03. The van der Waals surface area contributed by atoms with Crippen LogP contribution in [0.5, 0.6) is 0 Å². The summed E-state index contributed by atoms with van der Waals surface area (Å²) in [6, 6.07) is 8.08. The lowest BCUT2D eigenvalue weighted by molar-refractivity contribution is 1.02. The molecule has 0 spiro atoms. The molecule has 0 radical (unpaired) electrons. The number of benzene rings is 1. The monoisotopic (exact) mass is 201 g/mol. The Morgan fingerprint density at radius 3 is 2.13 bits per heavy atom. The summed E-state index contributed by atoms with van der Waals surface area (Å²) in [6.45, 7) is 0. The van der Waals surface area contributed by atoms with E-state index in [1.54, 1.807) is 5.01 Å². The maximum Gasteiger partial charge on any atom is 0.0969 e. The van der Waals surface area contributed by atoms with Crippen LogP contribution in [0, 0.1) is 12.3 Å². The predicted octanol–water partition coefficient (Wildman–Crippen LogP) is 1.81. The van der Waals surface area contributed by atoms with Gasteiger partial charge in [-0.05, 0) is 24.3 Å². The molecule has 0 unspecified atom stereocenters. The van der Waals surface area contributed by atoms with Crippen LogP contribution in [-0.4, -0.2) is 27.4 Å². The largest absolute Gasteiger partial charge is 0.378 e. The van der Waals surface area contributed by atoms with E-state index in [4.69, 9.17) is 6.42 Å². The smallest absolute Gasteiger partial charge is 0.0969 e. The zero-order valence-electron chi connectivity index (χ0n) is 9.31. The second-order valence-corrected chi connectivity index (χ2v) is 3.35. The zero-order valence-corrected chi connectivity index (χ0v) is 9.31. The Kier molecular flexibility index (Phi) is 3.75. The quantitative estimate of drug-likeness (QED) is 0.422. The van der Waals surface area contributed by atoms with Crippen molar-refractivity contribution in [3.8, 4) is 12.3 Å². The average molecular weight is 201 g/mol. The Morgan fingerprint density at radius 2 is 1.67 bits per heavy atom. The average Bonchev–Trinajstić information content (AvgIpc) is 2.26. The molecule has 0 aliphatic heterocycles. The van der Waals surface area contributed by atoms with Gasteiger partial charge in [0.25, 0.3) is 0 Å². The third-order valence-corrected chi connectivity index (χ3v) is 2.05. The van der Waals surface area contributed by atoms with E-state index in [1.807, 2.05) is 45.4 Å². The fourth-order valence-corrected chi connectivity index (χ4v) is 1.15. The van der Waals surface area contributed by atoms with E-state index >= 15 is 0 Å². The van der Waals surface area contributed by atoms with Gasteiger partial charge in [0.15, 0.2) is 0 Å². The van der Waals surface area contributed by atoms with Gasteiger partial charge in [-0.25, -0.2) is 0 Å². The third-order valence-electron chi connectivity index (χ3n) is 2.05. The lowest BCUT2D eigenvalue weighted by atomic mass is 10.2. The molecule has 0 amide bonds. The molecule has 0 aliphatic rings. The van der Waals surface area contributed by atoms with E-state index in [-0.39, 0.29) is 0 Å². The molecule has 0 aliphatic carbocycles. The Labute approximate surface area is 91.0 Å². The molecule has 0 saturated heterocycles. The van der Waals surface area contributed by atoms with Crippen LogP contribution in [0.2, 0.25) is 0 Å². The van der Waals surface area contributed by atoms with Crippen molar-refractivity contribution >= 4 is 17.6 Å². The van der Waals surface area contributed by atoms with E-state index in [0.717, 1.165) is 11.4 Å². The maximum atomic E-state index is 5.09. The van der Waals surface area contributed by atoms with E-state index in [0.29, 0.717) is 0 Å². The molecule has 0 bridgehead atoms. The van der Waals surface area contributed by atoms with Crippen molar-refractivity contribution < 1.29 is 0 Å². The van der Waals surface area contributed by atoms with Crippen LogP contribution in [0.3, 0.4) is 0 Å². The van der Waals surface area contributed by atoms with Crippen molar-refractivity contribution in [3.05, 3.63) is 24.3 Å². The second-order valence-electron chi connectivity index (χ2n) is 3.35. The number of rotatable bonds is 3. The number of hydrogen-bond donors (Lipinski definition) is 0. The zero-order chi connectivity index (χ0) is 11.3. The summed E-state index contributed by atoms with van der Waals surface area (Å²) in [5, 5.41) is 5.78. The fourth-order valence-electron chi connectivity index (χ4n) is 1.15. The Hall–Kier alpha value is -1.95. The summed E-state index contributed by atoms with van der Waals surface area (Å²) in [5.74, 6) is 2.36. The van der Waals surface area contributed by atoms with Gasteiger partial charge in [-0.15, -0.1) is 6.42 Å². The standard InChI is InChI=1S/C12H15N3/c1-5-10-13-15(4)12-8-6-11(7-9-12)14(2)3/h1,6-10H,2-4H3. The van der Waals surface area contributed by atoms with Crippen LogP contribution in [0.1, 0.15) is 0 Å². The molecule has 1 aromatic carbocycles. The molecule has 0 atom stereocenters. The second kappa shape index (κ2) is 5.06. The van der Waals surface area contributed by atoms with Crippen LogP contribution in [-0.2, 0) is 0 Å². The number of hydrazone groups is 1. The maximum absolute atomic E-state index is 5.09. The van der Waals surface area contributed by atoms with Crippen LogP contribution in [0.4, 0.5) is 11.4 Å². The van der Waals surface area contributed by atoms with E-state index < -0.39 is 0 Å². The fraction of sp³-hybridized carbons (Fsp3) is 0.250. The van der Waals surface area contributed by atoms with Crippen molar-refractivity contribution in [1.29, 1.82) is 0 Å². The first-order valence-corrected chi connectivity index (χ1v) is 4.65. The van der Waals surface area contributed by atoms with E-state index in [2.05, 4.69) is 15.9 Å². The van der Waals surface area contributed by atoms with Crippen molar-refractivity contribution in [1.82, 2.24) is 0 Å². The SMILES string of the molecule is C#CC=NN(C)c1ccc(N(C)C)cc1. The molecule has 0 N–H and O–H groups in total. The highest BCUT2D eigenvalue weighted by Crippen LogP contribution is 2.18. The van der Waals surface area contributed by atoms with Crippen LogP contribution in [0.25, 0.3) is 0 Å². The Morgan fingerprint density at radius 1 is 1.13 bits per heavy atom. The van der Waals surface area contributed by atoms with Crippen molar-refractivity contribution in [3.63, 3.8) is 0 Å². The van der Waals surface area contributed by atoms with Gasteiger partial charge in [0.05, 0.1) is 11.9 Å². The summed E-state index contributed by atoms with van der Waals surface area (Å²) in [5.41, 5.74) is 2.17. The summed E-state index contributed by atoms with van der Waals surface area (Å²) in [4.78, 5) is 2.05. The summed E-state index contributed by atoms with van der Waals surface area (Å²) in [7, 11) is 5.88. The summed E-state index contributed by atoms with van der Waals surface area (Å²) >= 11 is 0. The normalized spacial score (nSPS) is 10.0. The molecule has 1 rings (SSSR count). The molecule has 0 aromatic heterocycles. The number of nitrogens with zero attached hydrogens (tertiary/aromatic N) is 3. The molecular formula is C12H15N3. The highest BCUT2D eigenvalue weighted by molar-refractivity contribution is 5.78. The Balaban J connectivity index is 2.80. The molecule has 78 valence electrons. The molecule has 15 heavy (non-hydrogen) atoms. The lowest BCUT2D eigenvalue weighted by Crippen LogP contribution is -2.10. The van der Waals surface area contributed by atoms with E-state index in [1.165, 1.54) is 6.21 Å². The molecule has 0 saturated carbocycles. The van der Waals surface area contributed by atoms with Crippen LogP contribution >= 0.6 is 0 Å². The van der Waals surface area contributed by atoms with Gasteiger partial charge in [-0.3, -0.25) is 5.01 Å². The number of terminal acetylenes is 1. The first-order chi connectivity index (χ1) is 7.15. The molecule has 0 heterocycles. The van der Waals surface area contributed by atoms with Gasteiger partial charge in [0.1, 0.15) is 0 Å². The number of hydrogen-bond acceptors (Lipinski definition) is 3. The first kappa shape index (κ1) is 11.1. The van der Waals surface area contributed by atoms with Crippen LogP contribution < -0.4 is 9.91 Å². The molecule has 3 nitrogen and oxygen atoms in total. The van der Waals surface area contributed by atoms with Gasteiger partial charge in [0, 0.05) is 26.8 Å². The minimum absolute atomic E-state index is 1.01. The topological polar surface area (TPSA) is 18.8 Å². The van der Waals surface area contributed by atoms with Crippen molar-refractivity contribution in [2.75, 3.05) is 31.1 Å². The predicted molar refractivity (Wildman–Crippen MR) is 66.5 cm³/mol. The molecular weight excluding hydrogens is 186 g/mol. The first-order valence-electron chi connectivity index (χ1n) is 4.65. The summed E-state index contributed by atoms with van der Waals surface area (Å²) < 4.78 is 0. The van der Waals surface area contributed by atoms with Gasteiger partial charge >= 0.3 is 0 Å². The highest BCUT2D eigenvalue weighted by Gasteiger charge is 1.98. The van der Waals surface area contributed by atoms with E-state index in [9.17, 15) is 0 Å². The molecule has 1 aromatic rings.